The van der Waals surface area contributed by atoms with Crippen LogP contribution in [0.5, 0.6) is 5.75 Å². The quantitative estimate of drug-likeness (QED) is 0.144. The number of hydrogen-bond acceptors (Lipinski definition) is 3. The Morgan fingerprint density at radius 1 is 0.696 bits per heavy atom. The normalized spacial score (nSPS) is 10.8. The number of hydrogen-bond donors (Lipinski definition) is 1. The number of benzene rings is 6. The number of aromatic nitrogens is 3. The molecular formula is C41H32IrN3O-. The van der Waals surface area contributed by atoms with Gasteiger partial charge in [0.25, 0.3) is 0 Å². The van der Waals surface area contributed by atoms with Crippen molar-refractivity contribution < 1.29 is 25.2 Å². The number of pyridine rings is 1. The van der Waals surface area contributed by atoms with Gasteiger partial charge in [0.2, 0.25) is 0 Å². The average molecular weight is 775 g/mol. The van der Waals surface area contributed by atoms with Crippen molar-refractivity contribution in [1.29, 1.82) is 0 Å². The van der Waals surface area contributed by atoms with Crippen molar-refractivity contribution in [2.75, 3.05) is 0 Å². The molecule has 8 rings (SSSR count). The maximum atomic E-state index is 10.2. The van der Waals surface area contributed by atoms with E-state index in [1.165, 1.54) is 32.7 Å². The largest absolute Gasteiger partial charge is 0.507 e. The van der Waals surface area contributed by atoms with Gasteiger partial charge in [-0.15, -0.1) is 34.9 Å². The molecule has 2 aromatic heterocycles. The van der Waals surface area contributed by atoms with Crippen LogP contribution in [-0.2, 0) is 20.1 Å². The van der Waals surface area contributed by atoms with Gasteiger partial charge < -0.3 is 10.1 Å². The molecule has 1 N–H and O–H groups in total. The Bertz CT molecular complexity index is 2310. The van der Waals surface area contributed by atoms with Crippen molar-refractivity contribution in [2.24, 2.45) is 0 Å². The summed E-state index contributed by atoms with van der Waals surface area (Å²) in [5.74, 6) is 0.973. The van der Waals surface area contributed by atoms with E-state index in [4.69, 9.17) is 9.97 Å². The second kappa shape index (κ2) is 13.1. The van der Waals surface area contributed by atoms with Crippen LogP contribution in [0.15, 0.2) is 134 Å². The molecule has 0 aliphatic heterocycles. The summed E-state index contributed by atoms with van der Waals surface area (Å²) in [6.07, 6.45) is 1.90. The summed E-state index contributed by atoms with van der Waals surface area (Å²) in [6.45, 7) is 6.38. The number of aryl methyl sites for hydroxylation is 3. The van der Waals surface area contributed by atoms with Crippen molar-refractivity contribution >= 4 is 32.6 Å². The first-order valence-corrected chi connectivity index (χ1v) is 15.1. The van der Waals surface area contributed by atoms with Crippen LogP contribution in [0, 0.1) is 26.8 Å². The van der Waals surface area contributed by atoms with E-state index in [0.717, 1.165) is 44.9 Å². The third kappa shape index (κ3) is 5.83. The maximum Gasteiger partial charge on any atom is 0.149 e. The molecule has 46 heavy (non-hydrogen) atoms. The number of imidazole rings is 1. The number of aromatic hydroxyl groups is 1. The molecule has 0 unspecified atom stereocenters. The average Bonchev–Trinajstić information content (AvgIpc) is 3.44. The fourth-order valence-electron chi connectivity index (χ4n) is 6.17. The predicted octanol–water partition coefficient (Wildman–Crippen LogP) is 10.2. The molecule has 2 heterocycles. The molecule has 1 radical (unpaired) electrons. The summed E-state index contributed by atoms with van der Waals surface area (Å²) in [7, 11) is 0. The number of fused-ring (bicyclic) bond motifs is 4. The van der Waals surface area contributed by atoms with E-state index in [9.17, 15) is 5.11 Å². The van der Waals surface area contributed by atoms with Crippen LogP contribution in [-0.4, -0.2) is 19.6 Å². The summed E-state index contributed by atoms with van der Waals surface area (Å²) < 4.78 is 2.07. The van der Waals surface area contributed by atoms with E-state index in [-0.39, 0.29) is 25.9 Å². The Balaban J connectivity index is 0.000000158. The van der Waals surface area contributed by atoms with Crippen LogP contribution in [0.2, 0.25) is 0 Å². The minimum Gasteiger partial charge on any atom is -0.507 e. The molecule has 4 nitrogen and oxygen atoms in total. The Morgan fingerprint density at radius 2 is 1.39 bits per heavy atom. The van der Waals surface area contributed by atoms with Gasteiger partial charge in [-0.2, -0.15) is 0 Å². The molecular weight excluding hydrogens is 743 g/mol. The molecule has 0 atom stereocenters. The molecule has 5 heteroatoms. The first kappa shape index (κ1) is 30.9. The van der Waals surface area contributed by atoms with Crippen LogP contribution in [0.25, 0.3) is 60.9 Å². The molecule has 0 aliphatic carbocycles. The number of phenolic OH excluding ortho intramolecular Hbond substituents is 1. The van der Waals surface area contributed by atoms with Crippen LogP contribution >= 0.6 is 0 Å². The van der Waals surface area contributed by atoms with Gasteiger partial charge in [-0.25, -0.2) is 4.98 Å². The van der Waals surface area contributed by atoms with Gasteiger partial charge >= 0.3 is 0 Å². The van der Waals surface area contributed by atoms with E-state index >= 15 is 0 Å². The van der Waals surface area contributed by atoms with Gasteiger partial charge in [0, 0.05) is 32.0 Å². The maximum absolute atomic E-state index is 10.2. The first-order chi connectivity index (χ1) is 22.0. The second-order valence-corrected chi connectivity index (χ2v) is 11.4. The van der Waals surface area contributed by atoms with Gasteiger partial charge in [-0.3, -0.25) is 4.57 Å². The van der Waals surface area contributed by atoms with E-state index < -0.39 is 0 Å². The molecule has 0 amide bonds. The fraction of sp³-hybridized carbons (Fsp3) is 0.0732. The predicted molar refractivity (Wildman–Crippen MR) is 186 cm³/mol. The van der Waals surface area contributed by atoms with Gasteiger partial charge in [0.1, 0.15) is 11.6 Å². The minimum atomic E-state index is 0. The standard InChI is InChI=1S/C22H18N.C19H14N2O.Ir/c1-14-10-15(2)12-18(11-14)22-21-17(8-9-23-22)13-16(3)19-6-4-5-7-20(19)21;22-18-13-7-4-10-15(18)19-20-16-11-5-6-12-17(16)21(19)14-8-2-1-3-9-14;/h4-11,13H,1-3H3;1-13,22H;/q-1;;. The van der Waals surface area contributed by atoms with Gasteiger partial charge in [-0.1, -0.05) is 86.6 Å². The third-order valence-electron chi connectivity index (χ3n) is 8.10. The number of rotatable bonds is 3. The SMILES string of the molecule is Cc1[c-]c(-c2nccc3cc(C)c4ccccc4c23)cc(C)c1.Oc1ccccc1-c1nc2ccccc2n1-c1ccccc1.[Ir]. The Hall–Kier alpha value is -5.09. The van der Waals surface area contributed by atoms with Gasteiger partial charge in [-0.05, 0) is 82.2 Å². The van der Waals surface area contributed by atoms with Crippen molar-refractivity contribution in [1.82, 2.24) is 14.5 Å². The van der Waals surface area contributed by atoms with Crippen molar-refractivity contribution in [3.8, 4) is 34.1 Å². The topological polar surface area (TPSA) is 50.9 Å². The van der Waals surface area contributed by atoms with Crippen molar-refractivity contribution in [2.45, 2.75) is 20.8 Å². The summed E-state index contributed by atoms with van der Waals surface area (Å²) in [6, 6.07) is 46.1. The summed E-state index contributed by atoms with van der Waals surface area (Å²) in [5, 5.41) is 15.2. The van der Waals surface area contributed by atoms with Crippen LogP contribution in [0.1, 0.15) is 16.7 Å². The zero-order chi connectivity index (χ0) is 30.9. The first-order valence-electron chi connectivity index (χ1n) is 15.1. The molecule has 0 saturated heterocycles. The van der Waals surface area contributed by atoms with Gasteiger partial charge in [0.15, 0.2) is 0 Å². The van der Waals surface area contributed by atoms with E-state index in [1.807, 2.05) is 79.0 Å². The molecule has 8 aromatic rings. The summed E-state index contributed by atoms with van der Waals surface area (Å²) >= 11 is 0. The fourth-order valence-corrected chi connectivity index (χ4v) is 6.17. The van der Waals surface area contributed by atoms with E-state index in [2.05, 4.69) is 79.9 Å². The number of nitrogens with zero attached hydrogens (tertiary/aromatic N) is 3. The molecule has 227 valence electrons. The molecule has 6 aromatic carbocycles. The van der Waals surface area contributed by atoms with Crippen LogP contribution < -0.4 is 0 Å². The van der Waals surface area contributed by atoms with Gasteiger partial charge in [0.05, 0.1) is 16.6 Å². The Labute approximate surface area is 282 Å². The summed E-state index contributed by atoms with van der Waals surface area (Å²) in [4.78, 5) is 9.43. The van der Waals surface area contributed by atoms with E-state index in [1.54, 1.807) is 6.07 Å². The Morgan fingerprint density at radius 3 is 2.17 bits per heavy atom. The van der Waals surface area contributed by atoms with Crippen LogP contribution in [0.4, 0.5) is 0 Å². The molecule has 0 saturated carbocycles. The molecule has 0 bridgehead atoms. The smallest absolute Gasteiger partial charge is 0.149 e. The van der Waals surface area contributed by atoms with Crippen LogP contribution in [0.3, 0.4) is 0 Å². The zero-order valence-corrected chi connectivity index (χ0v) is 28.2. The molecule has 0 fully saturated rings. The molecule has 0 spiro atoms. The summed E-state index contributed by atoms with van der Waals surface area (Å²) in [5.41, 5.74) is 9.46. The minimum absolute atomic E-state index is 0. The van der Waals surface area contributed by atoms with E-state index in [0.29, 0.717) is 0 Å². The second-order valence-electron chi connectivity index (χ2n) is 11.4. The number of para-hydroxylation sites is 4. The Kier molecular flexibility index (Phi) is 8.81. The monoisotopic (exact) mass is 775 g/mol. The number of phenols is 1. The zero-order valence-electron chi connectivity index (χ0n) is 25.8. The van der Waals surface area contributed by atoms with Crippen molar-refractivity contribution in [3.63, 3.8) is 0 Å². The third-order valence-corrected chi connectivity index (χ3v) is 8.10. The molecule has 0 aliphatic rings. The van der Waals surface area contributed by atoms with Crippen molar-refractivity contribution in [3.05, 3.63) is 156 Å².